The van der Waals surface area contributed by atoms with Crippen LogP contribution in [-0.2, 0) is 20.7 Å². The molecule has 0 saturated carbocycles. The topological polar surface area (TPSA) is 64.6 Å². The van der Waals surface area contributed by atoms with Gasteiger partial charge in [0.25, 0.3) is 5.91 Å². The number of benzene rings is 2. The maximum Gasteiger partial charge on any atom is 0.306 e. The summed E-state index contributed by atoms with van der Waals surface area (Å²) in [5.74, 6) is -0.211. The molecule has 0 atom stereocenters. The predicted molar refractivity (Wildman–Crippen MR) is 102 cm³/mol. The molecule has 0 fully saturated rings. The van der Waals surface area contributed by atoms with Crippen LogP contribution in [0, 0.1) is 0 Å². The minimum Gasteiger partial charge on any atom is -0.494 e. The average molecular weight is 396 g/mol. The van der Waals surface area contributed by atoms with Gasteiger partial charge in [0.15, 0.2) is 6.61 Å². The molecule has 0 aliphatic heterocycles. The van der Waals surface area contributed by atoms with Crippen molar-refractivity contribution < 1.29 is 19.1 Å². The maximum atomic E-state index is 11.9. The zero-order chi connectivity index (χ0) is 18.9. The average Bonchev–Trinajstić information content (AvgIpc) is 2.63. The molecule has 2 rings (SSSR count). The fourth-order valence-electron chi connectivity index (χ4n) is 2.25. The van der Waals surface area contributed by atoms with E-state index in [9.17, 15) is 9.59 Å². The van der Waals surface area contributed by atoms with E-state index in [2.05, 4.69) is 5.32 Å². The summed E-state index contributed by atoms with van der Waals surface area (Å²) >= 11 is 11.9. The zero-order valence-electron chi connectivity index (χ0n) is 14.3. The van der Waals surface area contributed by atoms with Crippen molar-refractivity contribution in [1.82, 2.24) is 0 Å². The lowest BCUT2D eigenvalue weighted by Crippen LogP contribution is -2.21. The van der Waals surface area contributed by atoms with Crippen LogP contribution in [0.25, 0.3) is 0 Å². The number of amides is 1. The molecule has 0 spiro atoms. The van der Waals surface area contributed by atoms with Crippen LogP contribution in [0.15, 0.2) is 42.5 Å². The minimum absolute atomic E-state index is 0.148. The Hall–Kier alpha value is -2.24. The fourth-order valence-corrected chi connectivity index (χ4v) is 2.60. The first-order chi connectivity index (χ1) is 12.5. The molecule has 0 saturated heterocycles. The van der Waals surface area contributed by atoms with Gasteiger partial charge in [-0.25, -0.2) is 0 Å². The van der Waals surface area contributed by atoms with Gasteiger partial charge in [0.2, 0.25) is 0 Å². The van der Waals surface area contributed by atoms with Crippen LogP contribution in [0.4, 0.5) is 5.69 Å². The van der Waals surface area contributed by atoms with E-state index < -0.39 is 18.5 Å². The molecule has 26 heavy (non-hydrogen) atoms. The van der Waals surface area contributed by atoms with Crippen LogP contribution < -0.4 is 10.1 Å². The Morgan fingerprint density at radius 1 is 1.08 bits per heavy atom. The van der Waals surface area contributed by atoms with Crippen molar-refractivity contribution in [2.75, 3.05) is 18.5 Å². The Kier molecular flexibility index (Phi) is 7.75. The molecule has 0 aliphatic rings. The first-order valence-electron chi connectivity index (χ1n) is 8.11. The summed E-state index contributed by atoms with van der Waals surface area (Å²) in [6, 6.07) is 12.4. The number of nitrogens with one attached hydrogen (secondary N) is 1. The van der Waals surface area contributed by atoms with Crippen LogP contribution in [-0.4, -0.2) is 25.1 Å². The van der Waals surface area contributed by atoms with Crippen molar-refractivity contribution in [3.63, 3.8) is 0 Å². The molecule has 138 valence electrons. The summed E-state index contributed by atoms with van der Waals surface area (Å²) < 4.78 is 10.5. The van der Waals surface area contributed by atoms with Gasteiger partial charge in [-0.2, -0.15) is 0 Å². The maximum absolute atomic E-state index is 11.9. The van der Waals surface area contributed by atoms with Gasteiger partial charge in [0.1, 0.15) is 5.75 Å². The van der Waals surface area contributed by atoms with E-state index in [-0.39, 0.29) is 11.4 Å². The number of esters is 1. The highest BCUT2D eigenvalue weighted by atomic mass is 35.5. The first-order valence-corrected chi connectivity index (χ1v) is 8.87. The van der Waals surface area contributed by atoms with Crippen LogP contribution in [0.1, 0.15) is 18.9 Å². The standard InChI is InChI=1S/C19H19Cl2NO4/c1-2-25-16-9-4-3-6-13(16)10-11-18(24)26-12-17(23)22-15-8-5-7-14(20)19(15)21/h3-9H,2,10-12H2,1H3,(H,22,23). The Morgan fingerprint density at radius 3 is 2.62 bits per heavy atom. The Balaban J connectivity index is 1.80. The molecule has 1 amide bonds. The number of ether oxygens (including phenoxy) is 2. The second-order valence-electron chi connectivity index (χ2n) is 5.35. The number of carbonyl (C=O) groups is 2. The number of hydrogen-bond acceptors (Lipinski definition) is 4. The van der Waals surface area contributed by atoms with E-state index in [0.717, 1.165) is 11.3 Å². The molecular weight excluding hydrogens is 377 g/mol. The van der Waals surface area contributed by atoms with Crippen molar-refractivity contribution in [2.24, 2.45) is 0 Å². The SMILES string of the molecule is CCOc1ccccc1CCC(=O)OCC(=O)Nc1cccc(Cl)c1Cl. The van der Waals surface area contributed by atoms with Crippen molar-refractivity contribution in [3.05, 3.63) is 58.1 Å². The fraction of sp³-hybridized carbons (Fsp3) is 0.263. The smallest absolute Gasteiger partial charge is 0.306 e. The van der Waals surface area contributed by atoms with Gasteiger partial charge in [0, 0.05) is 6.42 Å². The largest absolute Gasteiger partial charge is 0.494 e. The molecule has 7 heteroatoms. The molecular formula is C19H19Cl2NO4. The van der Waals surface area contributed by atoms with Gasteiger partial charge < -0.3 is 14.8 Å². The summed E-state index contributed by atoms with van der Waals surface area (Å²) in [7, 11) is 0. The van der Waals surface area contributed by atoms with Crippen LogP contribution >= 0.6 is 23.2 Å². The highest BCUT2D eigenvalue weighted by Gasteiger charge is 2.12. The first kappa shape index (κ1) is 20.1. The third-order valence-electron chi connectivity index (χ3n) is 3.46. The molecule has 0 heterocycles. The van der Waals surface area contributed by atoms with E-state index in [1.807, 2.05) is 31.2 Å². The van der Waals surface area contributed by atoms with E-state index in [4.69, 9.17) is 32.7 Å². The van der Waals surface area contributed by atoms with Crippen LogP contribution in [0.2, 0.25) is 10.0 Å². The molecule has 0 bridgehead atoms. The zero-order valence-corrected chi connectivity index (χ0v) is 15.8. The van der Waals surface area contributed by atoms with Crippen LogP contribution in [0.3, 0.4) is 0 Å². The molecule has 1 N–H and O–H groups in total. The minimum atomic E-state index is -0.489. The predicted octanol–water partition coefficient (Wildman–Crippen LogP) is 4.51. The highest BCUT2D eigenvalue weighted by Crippen LogP contribution is 2.29. The second-order valence-corrected chi connectivity index (χ2v) is 6.14. The van der Waals surface area contributed by atoms with E-state index in [1.54, 1.807) is 18.2 Å². The molecule has 0 unspecified atom stereocenters. The van der Waals surface area contributed by atoms with Crippen molar-refractivity contribution in [2.45, 2.75) is 19.8 Å². The lowest BCUT2D eigenvalue weighted by Gasteiger charge is -2.10. The van der Waals surface area contributed by atoms with Gasteiger partial charge >= 0.3 is 5.97 Å². The Labute approximate surface area is 162 Å². The third-order valence-corrected chi connectivity index (χ3v) is 4.28. The van der Waals surface area contributed by atoms with Crippen molar-refractivity contribution in [3.8, 4) is 5.75 Å². The number of anilines is 1. The van der Waals surface area contributed by atoms with Gasteiger partial charge in [-0.05, 0) is 37.1 Å². The van der Waals surface area contributed by atoms with Crippen molar-refractivity contribution in [1.29, 1.82) is 0 Å². The molecule has 2 aromatic rings. The quantitative estimate of drug-likeness (QED) is 0.667. The molecule has 0 radical (unpaired) electrons. The molecule has 5 nitrogen and oxygen atoms in total. The number of aryl methyl sites for hydroxylation is 1. The normalized spacial score (nSPS) is 10.3. The summed E-state index contributed by atoms with van der Waals surface area (Å²) in [5.41, 5.74) is 1.28. The highest BCUT2D eigenvalue weighted by molar-refractivity contribution is 6.44. The summed E-state index contributed by atoms with van der Waals surface area (Å²) in [4.78, 5) is 23.8. The summed E-state index contributed by atoms with van der Waals surface area (Å²) in [6.07, 6.45) is 0.617. The van der Waals surface area contributed by atoms with Crippen LogP contribution in [0.5, 0.6) is 5.75 Å². The summed E-state index contributed by atoms with van der Waals surface area (Å²) in [6.45, 7) is 2.05. The van der Waals surface area contributed by atoms with Crippen molar-refractivity contribution >= 4 is 40.8 Å². The monoisotopic (exact) mass is 395 g/mol. The number of carbonyl (C=O) groups excluding carboxylic acids is 2. The van der Waals surface area contributed by atoms with Gasteiger partial charge in [0.05, 0.1) is 22.3 Å². The number of halogens is 2. The number of hydrogen-bond donors (Lipinski definition) is 1. The third kappa shape index (κ3) is 5.93. The lowest BCUT2D eigenvalue weighted by molar-refractivity contribution is -0.147. The van der Waals surface area contributed by atoms with E-state index in [0.29, 0.717) is 23.7 Å². The van der Waals surface area contributed by atoms with Gasteiger partial charge in [-0.3, -0.25) is 9.59 Å². The molecule has 2 aromatic carbocycles. The summed E-state index contributed by atoms with van der Waals surface area (Å²) in [5, 5.41) is 3.12. The Morgan fingerprint density at radius 2 is 1.85 bits per heavy atom. The Bertz CT molecular complexity index is 780. The van der Waals surface area contributed by atoms with Gasteiger partial charge in [-0.15, -0.1) is 0 Å². The van der Waals surface area contributed by atoms with E-state index in [1.165, 1.54) is 0 Å². The van der Waals surface area contributed by atoms with Gasteiger partial charge in [-0.1, -0.05) is 47.5 Å². The lowest BCUT2D eigenvalue weighted by atomic mass is 10.1. The number of rotatable bonds is 8. The second kappa shape index (κ2) is 10.0. The number of para-hydroxylation sites is 1. The molecule has 0 aromatic heterocycles. The molecule has 0 aliphatic carbocycles. The van der Waals surface area contributed by atoms with E-state index >= 15 is 0 Å².